The number of esters is 1. The normalized spacial score (nSPS) is 14.4. The quantitative estimate of drug-likeness (QED) is 0.581. The minimum Gasteiger partial charge on any atom is -0.495 e. The number of hydrogen-bond acceptors (Lipinski definition) is 6. The molecule has 0 bridgehead atoms. The van der Waals surface area contributed by atoms with Crippen molar-refractivity contribution >= 4 is 11.7 Å². The van der Waals surface area contributed by atoms with Crippen LogP contribution in [0, 0.1) is 23.2 Å². The van der Waals surface area contributed by atoms with Crippen LogP contribution in [0.15, 0.2) is 30.5 Å². The molecule has 28 heavy (non-hydrogen) atoms. The van der Waals surface area contributed by atoms with Gasteiger partial charge in [-0.15, -0.1) is 0 Å². The summed E-state index contributed by atoms with van der Waals surface area (Å²) < 4.78 is 23.8. The van der Waals surface area contributed by atoms with Gasteiger partial charge in [-0.3, -0.25) is 4.79 Å². The predicted molar refractivity (Wildman–Crippen MR) is 102 cm³/mol. The van der Waals surface area contributed by atoms with Crippen molar-refractivity contribution in [1.29, 1.82) is 5.26 Å². The molecule has 0 aliphatic carbocycles. The van der Waals surface area contributed by atoms with Crippen molar-refractivity contribution in [3.63, 3.8) is 0 Å². The Hall–Kier alpha value is -3.14. The van der Waals surface area contributed by atoms with E-state index in [-0.39, 0.29) is 11.9 Å². The molecular weight excluding hydrogens is 361 g/mol. The number of pyridine rings is 1. The summed E-state index contributed by atoms with van der Waals surface area (Å²) in [6.07, 6.45) is 2.73. The first-order valence-corrected chi connectivity index (χ1v) is 9.23. The molecule has 1 aromatic carbocycles. The van der Waals surface area contributed by atoms with E-state index >= 15 is 0 Å². The molecule has 0 saturated carbocycles. The fourth-order valence-corrected chi connectivity index (χ4v) is 3.55. The average Bonchev–Trinajstić information content (AvgIpc) is 2.73. The van der Waals surface area contributed by atoms with Crippen molar-refractivity contribution in [2.45, 2.75) is 19.8 Å². The van der Waals surface area contributed by atoms with Gasteiger partial charge in [-0.05, 0) is 44.0 Å². The molecule has 146 valence electrons. The molecule has 2 aromatic rings. The van der Waals surface area contributed by atoms with Crippen LogP contribution in [0.25, 0.3) is 11.1 Å². The van der Waals surface area contributed by atoms with Crippen LogP contribution in [0.3, 0.4) is 0 Å². The lowest BCUT2D eigenvalue weighted by molar-refractivity contribution is -0.148. The van der Waals surface area contributed by atoms with Crippen molar-refractivity contribution < 1.29 is 18.7 Å². The van der Waals surface area contributed by atoms with Gasteiger partial charge in [0, 0.05) is 30.4 Å². The van der Waals surface area contributed by atoms with Crippen molar-refractivity contribution in [3.8, 4) is 22.9 Å². The number of anilines is 1. The summed E-state index contributed by atoms with van der Waals surface area (Å²) in [6, 6.07) is 8.75. The molecular formula is C21H22FN3O3. The second kappa shape index (κ2) is 8.70. The minimum atomic E-state index is -0.561. The van der Waals surface area contributed by atoms with E-state index in [4.69, 9.17) is 9.47 Å². The number of hydrogen-bond donors (Lipinski definition) is 0. The second-order valence-corrected chi connectivity index (χ2v) is 6.53. The molecule has 0 amide bonds. The van der Waals surface area contributed by atoms with Crippen LogP contribution in [-0.4, -0.2) is 37.8 Å². The molecule has 1 aromatic heterocycles. The largest absolute Gasteiger partial charge is 0.495 e. The van der Waals surface area contributed by atoms with Crippen LogP contribution >= 0.6 is 0 Å². The fraction of sp³-hybridized carbons (Fsp3) is 0.381. The number of rotatable bonds is 5. The summed E-state index contributed by atoms with van der Waals surface area (Å²) in [5.74, 6) is -0.391. The topological polar surface area (TPSA) is 75.4 Å². The number of carbonyl (C=O) groups excluding carboxylic acids is 1. The van der Waals surface area contributed by atoms with Crippen LogP contribution in [0.4, 0.5) is 10.1 Å². The van der Waals surface area contributed by atoms with E-state index in [2.05, 4.69) is 16.0 Å². The molecule has 1 fully saturated rings. The molecule has 0 radical (unpaired) electrons. The third kappa shape index (κ3) is 3.91. The van der Waals surface area contributed by atoms with E-state index in [1.807, 2.05) is 6.07 Å². The first kappa shape index (κ1) is 19.6. The predicted octanol–water partition coefficient (Wildman–Crippen LogP) is 3.55. The summed E-state index contributed by atoms with van der Waals surface area (Å²) >= 11 is 0. The molecule has 1 aliphatic rings. The molecule has 0 spiro atoms. The number of nitrogens with zero attached hydrogens (tertiary/aromatic N) is 3. The number of benzene rings is 1. The second-order valence-electron chi connectivity index (χ2n) is 6.53. The third-order valence-corrected chi connectivity index (χ3v) is 4.94. The zero-order valence-corrected chi connectivity index (χ0v) is 15.9. The number of methoxy groups -OCH3 is 1. The van der Waals surface area contributed by atoms with Crippen LogP contribution in [0.2, 0.25) is 0 Å². The fourth-order valence-electron chi connectivity index (χ4n) is 3.55. The van der Waals surface area contributed by atoms with Crippen molar-refractivity contribution in [2.75, 3.05) is 31.7 Å². The van der Waals surface area contributed by atoms with Gasteiger partial charge in [0.1, 0.15) is 17.4 Å². The molecule has 3 rings (SSSR count). The Morgan fingerprint density at radius 2 is 2.07 bits per heavy atom. The number of piperidine rings is 1. The van der Waals surface area contributed by atoms with Crippen LogP contribution in [0.5, 0.6) is 5.75 Å². The highest BCUT2D eigenvalue weighted by Gasteiger charge is 2.29. The molecule has 1 aliphatic heterocycles. The van der Waals surface area contributed by atoms with Gasteiger partial charge >= 0.3 is 5.97 Å². The van der Waals surface area contributed by atoms with Gasteiger partial charge < -0.3 is 14.4 Å². The minimum absolute atomic E-state index is 0.136. The summed E-state index contributed by atoms with van der Waals surface area (Å²) in [5, 5.41) is 9.78. The molecule has 1 saturated heterocycles. The van der Waals surface area contributed by atoms with E-state index in [0.717, 1.165) is 11.3 Å². The molecule has 0 unspecified atom stereocenters. The summed E-state index contributed by atoms with van der Waals surface area (Å²) in [6.45, 7) is 3.38. The Kier molecular flexibility index (Phi) is 6.09. The number of carbonyl (C=O) groups is 1. The molecule has 7 heteroatoms. The first-order valence-electron chi connectivity index (χ1n) is 9.23. The van der Waals surface area contributed by atoms with E-state index in [1.165, 1.54) is 19.4 Å². The summed E-state index contributed by atoms with van der Waals surface area (Å²) in [7, 11) is 1.52. The van der Waals surface area contributed by atoms with Crippen molar-refractivity contribution in [2.24, 2.45) is 5.92 Å². The van der Waals surface area contributed by atoms with Crippen LogP contribution in [0.1, 0.15) is 25.3 Å². The number of nitriles is 1. The van der Waals surface area contributed by atoms with Crippen molar-refractivity contribution in [1.82, 2.24) is 4.98 Å². The van der Waals surface area contributed by atoms with Crippen LogP contribution in [-0.2, 0) is 9.53 Å². The Labute approximate surface area is 163 Å². The average molecular weight is 383 g/mol. The highest BCUT2D eigenvalue weighted by atomic mass is 19.1. The monoisotopic (exact) mass is 383 g/mol. The zero-order valence-electron chi connectivity index (χ0n) is 15.9. The molecule has 0 N–H and O–H groups in total. The van der Waals surface area contributed by atoms with E-state index in [9.17, 15) is 14.4 Å². The third-order valence-electron chi connectivity index (χ3n) is 4.94. The zero-order chi connectivity index (χ0) is 20.1. The first-order chi connectivity index (χ1) is 13.6. The van der Waals surface area contributed by atoms with Gasteiger partial charge in [-0.25, -0.2) is 4.98 Å². The number of aromatic nitrogens is 1. The van der Waals surface area contributed by atoms with Crippen molar-refractivity contribution in [3.05, 3.63) is 42.0 Å². The highest BCUT2D eigenvalue weighted by Crippen LogP contribution is 2.40. The Balaban J connectivity index is 1.98. The van der Waals surface area contributed by atoms with Gasteiger partial charge in [-0.1, -0.05) is 0 Å². The van der Waals surface area contributed by atoms with Gasteiger partial charge in [0.2, 0.25) is 5.95 Å². The lowest BCUT2D eigenvalue weighted by Crippen LogP contribution is -2.37. The Morgan fingerprint density at radius 1 is 1.32 bits per heavy atom. The lowest BCUT2D eigenvalue weighted by atomic mass is 9.93. The smallest absolute Gasteiger partial charge is 0.309 e. The van der Waals surface area contributed by atoms with Gasteiger partial charge in [0.05, 0.1) is 25.3 Å². The van der Waals surface area contributed by atoms with E-state index < -0.39 is 5.95 Å². The molecule has 2 heterocycles. The van der Waals surface area contributed by atoms with Gasteiger partial charge in [0.25, 0.3) is 0 Å². The van der Waals surface area contributed by atoms with E-state index in [0.29, 0.717) is 49.4 Å². The number of halogens is 1. The maximum atomic E-state index is 13.3. The standard InChI is InChI=1S/C21H22FN3O3/c1-3-28-21(26)14-8-10-25(11-9-14)20-16(15-4-7-19(22)24-13-15)5-6-18(27-2)17(20)12-23/h4-7,13-14H,3,8-11H2,1-2H3. The number of ether oxygens (including phenoxy) is 2. The van der Waals surface area contributed by atoms with Crippen LogP contribution < -0.4 is 9.64 Å². The lowest BCUT2D eigenvalue weighted by Gasteiger charge is -2.34. The highest BCUT2D eigenvalue weighted by molar-refractivity contribution is 5.85. The summed E-state index contributed by atoms with van der Waals surface area (Å²) in [5.41, 5.74) is 2.62. The maximum absolute atomic E-state index is 13.3. The van der Waals surface area contributed by atoms with E-state index in [1.54, 1.807) is 19.1 Å². The van der Waals surface area contributed by atoms with Gasteiger partial charge in [-0.2, -0.15) is 9.65 Å². The Morgan fingerprint density at radius 3 is 2.64 bits per heavy atom. The van der Waals surface area contributed by atoms with Gasteiger partial charge in [0.15, 0.2) is 0 Å². The Bertz CT molecular complexity index is 885. The molecule has 0 atom stereocenters. The SMILES string of the molecule is CCOC(=O)C1CCN(c2c(-c3ccc(F)nc3)ccc(OC)c2C#N)CC1. The maximum Gasteiger partial charge on any atom is 0.309 e. The molecule has 6 nitrogen and oxygen atoms in total. The summed E-state index contributed by atoms with van der Waals surface area (Å²) in [4.78, 5) is 17.8.